The Kier molecular flexibility index (Phi) is 3.33. The van der Waals surface area contributed by atoms with Gasteiger partial charge < -0.3 is 0 Å². The van der Waals surface area contributed by atoms with Crippen LogP contribution in [-0.4, -0.2) is 12.0 Å². The third-order valence-corrected chi connectivity index (χ3v) is 2.96. The first-order valence-electron chi connectivity index (χ1n) is 5.70. The van der Waals surface area contributed by atoms with Gasteiger partial charge in [0.05, 0.1) is 0 Å². The van der Waals surface area contributed by atoms with Crippen molar-refractivity contribution in [1.82, 2.24) is 0 Å². The Morgan fingerprint density at radius 1 is 1.29 bits per heavy atom. The molecule has 0 unspecified atom stereocenters. The molecular weight excluding hydrogens is 210 g/mol. The summed E-state index contributed by atoms with van der Waals surface area (Å²) in [4.78, 5) is 16.5. The van der Waals surface area contributed by atoms with Crippen molar-refractivity contribution >= 4 is 12.0 Å². The number of rotatable bonds is 2. The number of hydrogen-bond donors (Lipinski definition) is 0. The topological polar surface area (TPSA) is 29.4 Å². The highest BCUT2D eigenvalue weighted by Gasteiger charge is 2.14. The van der Waals surface area contributed by atoms with Gasteiger partial charge in [0, 0.05) is 11.8 Å². The van der Waals surface area contributed by atoms with E-state index in [1.54, 1.807) is 6.21 Å². The van der Waals surface area contributed by atoms with Gasteiger partial charge in [-0.3, -0.25) is 9.79 Å². The molecule has 0 bridgehead atoms. The normalized spacial score (nSPS) is 14.4. The van der Waals surface area contributed by atoms with Gasteiger partial charge in [-0.2, -0.15) is 0 Å². The van der Waals surface area contributed by atoms with Crippen LogP contribution in [0.1, 0.15) is 27.9 Å². The lowest BCUT2D eigenvalue weighted by Crippen LogP contribution is -2.05. The molecule has 0 spiro atoms. The van der Waals surface area contributed by atoms with Crippen molar-refractivity contribution in [2.75, 3.05) is 0 Å². The van der Waals surface area contributed by atoms with Crippen molar-refractivity contribution in [3.8, 4) is 0 Å². The second-order valence-corrected chi connectivity index (χ2v) is 4.11. The fourth-order valence-corrected chi connectivity index (χ4v) is 1.78. The highest BCUT2D eigenvalue weighted by atomic mass is 16.1. The van der Waals surface area contributed by atoms with Crippen LogP contribution in [0.5, 0.6) is 0 Å². The maximum Gasteiger partial charge on any atom is 0.211 e. The zero-order valence-electron chi connectivity index (χ0n) is 10.1. The van der Waals surface area contributed by atoms with E-state index in [-0.39, 0.29) is 5.78 Å². The van der Waals surface area contributed by atoms with E-state index in [1.165, 1.54) is 0 Å². The fraction of sp³-hybridized carbons (Fsp3) is 0.200. The quantitative estimate of drug-likeness (QED) is 0.709. The number of nitrogens with zero attached hydrogens (tertiary/aromatic N) is 1. The summed E-state index contributed by atoms with van der Waals surface area (Å²) in [5.41, 5.74) is 3.44. The van der Waals surface area contributed by atoms with Gasteiger partial charge in [0.25, 0.3) is 0 Å². The van der Waals surface area contributed by atoms with Crippen LogP contribution in [0.4, 0.5) is 0 Å². The SMILES string of the molecule is Cc1cccc(C(=O)C2=CCC=CC=N2)c1C. The summed E-state index contributed by atoms with van der Waals surface area (Å²) in [6.45, 7) is 3.99. The first kappa shape index (κ1) is 11.5. The van der Waals surface area contributed by atoms with E-state index in [1.807, 2.05) is 50.3 Å². The first-order valence-corrected chi connectivity index (χ1v) is 5.70. The third-order valence-electron chi connectivity index (χ3n) is 2.96. The van der Waals surface area contributed by atoms with E-state index in [2.05, 4.69) is 4.99 Å². The third kappa shape index (κ3) is 2.41. The Balaban J connectivity index is 2.38. The minimum absolute atomic E-state index is 0.00569. The van der Waals surface area contributed by atoms with Gasteiger partial charge >= 0.3 is 0 Å². The van der Waals surface area contributed by atoms with Crippen molar-refractivity contribution in [1.29, 1.82) is 0 Å². The Labute approximate surface area is 101 Å². The van der Waals surface area contributed by atoms with Gasteiger partial charge in [0.1, 0.15) is 5.70 Å². The number of hydrogen-bond acceptors (Lipinski definition) is 2. The molecule has 0 aliphatic carbocycles. The van der Waals surface area contributed by atoms with Crippen LogP contribution in [0.25, 0.3) is 0 Å². The first-order chi connectivity index (χ1) is 8.20. The van der Waals surface area contributed by atoms with Crippen LogP contribution in [0.15, 0.2) is 47.1 Å². The highest BCUT2D eigenvalue weighted by molar-refractivity contribution is 6.10. The van der Waals surface area contributed by atoms with Gasteiger partial charge in [-0.15, -0.1) is 0 Å². The monoisotopic (exact) mass is 225 g/mol. The maximum atomic E-state index is 12.3. The van der Waals surface area contributed by atoms with E-state index in [0.29, 0.717) is 5.70 Å². The number of ketones is 1. The van der Waals surface area contributed by atoms with E-state index in [0.717, 1.165) is 23.1 Å². The van der Waals surface area contributed by atoms with Crippen LogP contribution < -0.4 is 0 Å². The second-order valence-electron chi connectivity index (χ2n) is 4.11. The van der Waals surface area contributed by atoms with E-state index < -0.39 is 0 Å². The molecule has 1 aromatic rings. The number of carbonyl (C=O) groups excluding carboxylic acids is 1. The predicted molar refractivity (Wildman–Crippen MR) is 70.6 cm³/mol. The molecule has 2 heteroatoms. The molecule has 0 radical (unpaired) electrons. The van der Waals surface area contributed by atoms with Crippen molar-refractivity contribution in [3.63, 3.8) is 0 Å². The van der Waals surface area contributed by atoms with Gasteiger partial charge in [-0.05, 0) is 37.5 Å². The summed E-state index contributed by atoms with van der Waals surface area (Å²) in [5.74, 6) is 0.00569. The molecule has 0 amide bonds. The number of aliphatic imine (C=N–C) groups is 1. The average molecular weight is 225 g/mol. The fourth-order valence-electron chi connectivity index (χ4n) is 1.78. The van der Waals surface area contributed by atoms with Gasteiger partial charge in [0.2, 0.25) is 5.78 Å². The summed E-state index contributed by atoms with van der Waals surface area (Å²) in [6, 6.07) is 5.78. The Hall–Kier alpha value is -1.96. The predicted octanol–water partition coefficient (Wildman–Crippen LogP) is 3.40. The Bertz CT molecular complexity index is 536. The molecule has 2 rings (SSSR count). The zero-order chi connectivity index (χ0) is 12.3. The van der Waals surface area contributed by atoms with Crippen LogP contribution in [-0.2, 0) is 0 Å². The number of Topliss-reactive ketones (excluding diaryl/α,β-unsaturated/α-hetero) is 1. The standard InChI is InChI=1S/C15H15NO/c1-11-7-6-8-13(12(11)2)15(17)14-9-4-3-5-10-16-14/h3,5-10H,4H2,1-2H3. The summed E-state index contributed by atoms with van der Waals surface area (Å²) in [6.07, 6.45) is 8.13. The lowest BCUT2D eigenvalue weighted by Gasteiger charge is -2.07. The zero-order valence-corrected chi connectivity index (χ0v) is 10.1. The lowest BCUT2D eigenvalue weighted by atomic mass is 9.98. The summed E-state index contributed by atoms with van der Waals surface area (Å²) < 4.78 is 0. The van der Waals surface area contributed by atoms with E-state index >= 15 is 0 Å². The molecule has 1 aliphatic heterocycles. The number of carbonyl (C=O) groups is 1. The molecule has 1 aromatic carbocycles. The Morgan fingerprint density at radius 3 is 2.94 bits per heavy atom. The van der Waals surface area contributed by atoms with Crippen LogP contribution in [0, 0.1) is 13.8 Å². The van der Waals surface area contributed by atoms with Crippen molar-refractivity contribution in [2.45, 2.75) is 20.3 Å². The lowest BCUT2D eigenvalue weighted by molar-refractivity contribution is 0.103. The summed E-state index contributed by atoms with van der Waals surface area (Å²) >= 11 is 0. The second kappa shape index (κ2) is 4.91. The van der Waals surface area contributed by atoms with E-state index in [9.17, 15) is 4.79 Å². The molecule has 0 fully saturated rings. The van der Waals surface area contributed by atoms with Gasteiger partial charge in [0.15, 0.2) is 0 Å². The molecule has 0 saturated heterocycles. The molecule has 0 atom stereocenters. The average Bonchev–Trinajstić information content (AvgIpc) is 2.60. The maximum absolute atomic E-state index is 12.3. The Morgan fingerprint density at radius 2 is 2.12 bits per heavy atom. The van der Waals surface area contributed by atoms with Crippen molar-refractivity contribution < 1.29 is 4.79 Å². The minimum Gasteiger partial charge on any atom is -0.287 e. The van der Waals surface area contributed by atoms with Gasteiger partial charge in [-0.25, -0.2) is 0 Å². The molecule has 17 heavy (non-hydrogen) atoms. The molecule has 2 nitrogen and oxygen atoms in total. The molecule has 0 N–H and O–H groups in total. The van der Waals surface area contributed by atoms with E-state index in [4.69, 9.17) is 0 Å². The minimum atomic E-state index is 0.00569. The highest BCUT2D eigenvalue weighted by Crippen LogP contribution is 2.18. The van der Waals surface area contributed by atoms with Crippen LogP contribution >= 0.6 is 0 Å². The molecular formula is C15H15NO. The summed E-state index contributed by atoms with van der Waals surface area (Å²) in [5, 5.41) is 0. The van der Waals surface area contributed by atoms with Crippen LogP contribution in [0.2, 0.25) is 0 Å². The summed E-state index contributed by atoms with van der Waals surface area (Å²) in [7, 11) is 0. The number of benzene rings is 1. The number of aryl methyl sites for hydroxylation is 1. The number of allylic oxidation sites excluding steroid dienone is 4. The molecule has 1 heterocycles. The molecule has 1 aliphatic rings. The van der Waals surface area contributed by atoms with Crippen molar-refractivity contribution in [2.24, 2.45) is 4.99 Å². The molecule has 0 saturated carbocycles. The molecule has 86 valence electrons. The molecule has 0 aromatic heterocycles. The van der Waals surface area contributed by atoms with Gasteiger partial charge in [-0.1, -0.05) is 30.4 Å². The smallest absolute Gasteiger partial charge is 0.211 e. The van der Waals surface area contributed by atoms with Crippen molar-refractivity contribution in [3.05, 3.63) is 58.8 Å². The van der Waals surface area contributed by atoms with Crippen LogP contribution in [0.3, 0.4) is 0 Å². The largest absolute Gasteiger partial charge is 0.287 e.